The molecule has 0 saturated heterocycles. The summed E-state index contributed by atoms with van der Waals surface area (Å²) in [5, 5.41) is 19.7. The summed E-state index contributed by atoms with van der Waals surface area (Å²) in [4.78, 5) is 11.9. The Morgan fingerprint density at radius 1 is 1.48 bits per heavy atom. The van der Waals surface area contributed by atoms with Crippen molar-refractivity contribution in [3.8, 4) is 0 Å². The number of hydrogen-bond donors (Lipinski definition) is 2. The smallest absolute Gasteiger partial charge is 0.246 e. The summed E-state index contributed by atoms with van der Waals surface area (Å²) >= 11 is 9.34. The molecule has 112 valence electrons. The van der Waals surface area contributed by atoms with Crippen molar-refractivity contribution in [2.45, 2.75) is 19.4 Å². The van der Waals surface area contributed by atoms with Crippen LogP contribution in [-0.4, -0.2) is 32.6 Å². The molecule has 6 nitrogen and oxygen atoms in total. The highest BCUT2D eigenvalue weighted by atomic mass is 79.9. The summed E-state index contributed by atoms with van der Waals surface area (Å²) in [6.45, 7) is 0.161. The molecule has 0 aliphatic rings. The van der Waals surface area contributed by atoms with Crippen molar-refractivity contribution in [2.75, 3.05) is 11.9 Å². The van der Waals surface area contributed by atoms with Gasteiger partial charge in [0, 0.05) is 17.3 Å². The first-order valence-electron chi connectivity index (χ1n) is 6.33. The molecule has 2 N–H and O–H groups in total. The Labute approximate surface area is 135 Å². The summed E-state index contributed by atoms with van der Waals surface area (Å²) in [7, 11) is 0. The molecule has 1 aromatic carbocycles. The number of hydrogen-bond acceptors (Lipinski definition) is 4. The molecular formula is C13H14BrClN4O2. The van der Waals surface area contributed by atoms with Crippen molar-refractivity contribution in [2.24, 2.45) is 0 Å². The van der Waals surface area contributed by atoms with Crippen molar-refractivity contribution in [1.82, 2.24) is 15.0 Å². The molecule has 2 rings (SSSR count). The van der Waals surface area contributed by atoms with Gasteiger partial charge in [0.25, 0.3) is 0 Å². The predicted molar refractivity (Wildman–Crippen MR) is 83.2 cm³/mol. The fourth-order valence-corrected chi connectivity index (χ4v) is 2.44. The Balaban J connectivity index is 1.93. The Morgan fingerprint density at radius 3 is 3.00 bits per heavy atom. The molecule has 21 heavy (non-hydrogen) atoms. The molecule has 1 amide bonds. The zero-order valence-corrected chi connectivity index (χ0v) is 13.4. The summed E-state index contributed by atoms with van der Waals surface area (Å²) in [5.74, 6) is -0.238. The molecule has 2 aromatic rings. The lowest BCUT2D eigenvalue weighted by molar-refractivity contribution is -0.116. The lowest BCUT2D eigenvalue weighted by Gasteiger charge is -2.07. The van der Waals surface area contributed by atoms with Crippen LogP contribution in [0.25, 0.3) is 0 Å². The number of rotatable bonds is 6. The SMILES string of the molecule is O=C(Cn1cc(CCCO)nn1)Nc1ccc(Br)cc1Cl. The van der Waals surface area contributed by atoms with E-state index in [0.717, 1.165) is 10.2 Å². The third-order valence-electron chi connectivity index (χ3n) is 2.69. The molecular weight excluding hydrogens is 360 g/mol. The molecule has 0 bridgehead atoms. The van der Waals surface area contributed by atoms with Crippen molar-refractivity contribution in [3.63, 3.8) is 0 Å². The zero-order chi connectivity index (χ0) is 15.2. The Bertz CT molecular complexity index is 632. The number of halogens is 2. The van der Waals surface area contributed by atoms with Gasteiger partial charge in [-0.1, -0.05) is 32.7 Å². The number of nitrogens with one attached hydrogen (secondary N) is 1. The van der Waals surface area contributed by atoms with Gasteiger partial charge in [0.05, 0.1) is 16.4 Å². The molecule has 1 aromatic heterocycles. The fourth-order valence-electron chi connectivity index (χ4n) is 1.72. The van der Waals surface area contributed by atoms with Crippen molar-refractivity contribution >= 4 is 39.1 Å². The van der Waals surface area contributed by atoms with Crippen LogP contribution < -0.4 is 5.32 Å². The van der Waals surface area contributed by atoms with Crippen molar-refractivity contribution in [3.05, 3.63) is 39.6 Å². The second-order valence-corrected chi connectivity index (χ2v) is 5.73. The minimum absolute atomic E-state index is 0.0541. The molecule has 8 heteroatoms. The van der Waals surface area contributed by atoms with Gasteiger partial charge in [-0.25, -0.2) is 4.68 Å². The first-order valence-corrected chi connectivity index (χ1v) is 7.50. The van der Waals surface area contributed by atoms with Gasteiger partial charge in [-0.15, -0.1) is 5.10 Å². The van der Waals surface area contributed by atoms with E-state index in [-0.39, 0.29) is 19.1 Å². The average molecular weight is 374 g/mol. The number of amides is 1. The number of aryl methyl sites for hydroxylation is 1. The van der Waals surface area contributed by atoms with Crippen molar-refractivity contribution < 1.29 is 9.90 Å². The predicted octanol–water partition coefficient (Wildman–Crippen LogP) is 2.26. The Morgan fingerprint density at radius 2 is 2.29 bits per heavy atom. The van der Waals surface area contributed by atoms with Crippen LogP contribution >= 0.6 is 27.5 Å². The molecule has 0 spiro atoms. The summed E-state index contributed by atoms with van der Waals surface area (Å²) in [5.41, 5.74) is 1.30. The lowest BCUT2D eigenvalue weighted by Crippen LogP contribution is -2.19. The quantitative estimate of drug-likeness (QED) is 0.814. The molecule has 0 radical (unpaired) electrons. The number of carbonyl (C=O) groups is 1. The minimum atomic E-state index is -0.238. The molecule has 0 saturated carbocycles. The third-order valence-corrected chi connectivity index (χ3v) is 3.49. The Kier molecular flexibility index (Phi) is 5.72. The highest BCUT2D eigenvalue weighted by Gasteiger charge is 2.09. The highest BCUT2D eigenvalue weighted by Crippen LogP contribution is 2.25. The molecule has 0 aliphatic carbocycles. The maximum absolute atomic E-state index is 11.9. The molecule has 1 heterocycles. The summed E-state index contributed by atoms with van der Waals surface area (Å²) < 4.78 is 2.30. The van der Waals surface area contributed by atoms with Crippen LogP contribution in [0.4, 0.5) is 5.69 Å². The van der Waals surface area contributed by atoms with Gasteiger partial charge in [0.2, 0.25) is 5.91 Å². The maximum atomic E-state index is 11.9. The number of aliphatic hydroxyl groups is 1. The monoisotopic (exact) mass is 372 g/mol. The first kappa shape index (κ1) is 15.9. The van der Waals surface area contributed by atoms with Gasteiger partial charge in [-0.2, -0.15) is 0 Å². The Hall–Kier alpha value is -1.44. The van der Waals surface area contributed by atoms with E-state index in [0.29, 0.717) is 23.6 Å². The number of nitrogens with zero attached hydrogens (tertiary/aromatic N) is 3. The number of carbonyl (C=O) groups excluding carboxylic acids is 1. The standard InChI is InChI=1S/C13H14BrClN4O2/c14-9-3-4-12(11(15)6-9)16-13(21)8-19-7-10(17-18-19)2-1-5-20/h3-4,6-7,20H,1-2,5,8H2,(H,16,21). The first-order chi connectivity index (χ1) is 10.1. The molecule has 0 aliphatic heterocycles. The van der Waals surface area contributed by atoms with Gasteiger partial charge < -0.3 is 10.4 Å². The second kappa shape index (κ2) is 7.53. The topological polar surface area (TPSA) is 80.0 Å². The largest absolute Gasteiger partial charge is 0.396 e. The van der Waals surface area contributed by atoms with E-state index >= 15 is 0 Å². The van der Waals surface area contributed by atoms with Gasteiger partial charge >= 0.3 is 0 Å². The van der Waals surface area contributed by atoms with Crippen LogP contribution in [0, 0.1) is 0 Å². The third kappa shape index (κ3) is 4.80. The number of anilines is 1. The van der Waals surface area contributed by atoms with E-state index in [1.807, 2.05) is 0 Å². The number of aromatic nitrogens is 3. The van der Waals surface area contributed by atoms with E-state index in [1.54, 1.807) is 24.4 Å². The summed E-state index contributed by atoms with van der Waals surface area (Å²) in [6, 6.07) is 5.22. The second-order valence-electron chi connectivity index (χ2n) is 4.41. The highest BCUT2D eigenvalue weighted by molar-refractivity contribution is 9.10. The molecule has 0 atom stereocenters. The van der Waals surface area contributed by atoms with E-state index in [2.05, 4.69) is 31.6 Å². The van der Waals surface area contributed by atoms with Gasteiger partial charge in [-0.05, 0) is 31.0 Å². The van der Waals surface area contributed by atoms with E-state index in [1.165, 1.54) is 4.68 Å². The molecule has 0 unspecified atom stereocenters. The van der Waals surface area contributed by atoms with Crippen LogP contribution in [0.1, 0.15) is 12.1 Å². The van der Waals surface area contributed by atoms with Crippen LogP contribution in [-0.2, 0) is 17.8 Å². The van der Waals surface area contributed by atoms with Gasteiger partial charge in [0.1, 0.15) is 6.54 Å². The van der Waals surface area contributed by atoms with E-state index < -0.39 is 0 Å². The minimum Gasteiger partial charge on any atom is -0.396 e. The van der Waals surface area contributed by atoms with Crippen LogP contribution in [0.3, 0.4) is 0 Å². The van der Waals surface area contributed by atoms with Crippen LogP contribution in [0.15, 0.2) is 28.9 Å². The van der Waals surface area contributed by atoms with Gasteiger partial charge in [0.15, 0.2) is 0 Å². The van der Waals surface area contributed by atoms with Crippen LogP contribution in [0.5, 0.6) is 0 Å². The maximum Gasteiger partial charge on any atom is 0.246 e. The van der Waals surface area contributed by atoms with Crippen LogP contribution in [0.2, 0.25) is 5.02 Å². The number of aliphatic hydroxyl groups excluding tert-OH is 1. The van der Waals surface area contributed by atoms with Crippen molar-refractivity contribution in [1.29, 1.82) is 0 Å². The number of benzene rings is 1. The zero-order valence-electron chi connectivity index (χ0n) is 11.1. The fraction of sp³-hybridized carbons (Fsp3) is 0.308. The van der Waals surface area contributed by atoms with Gasteiger partial charge in [-0.3, -0.25) is 4.79 Å². The average Bonchev–Trinajstić information content (AvgIpc) is 2.87. The normalized spacial score (nSPS) is 10.6. The lowest BCUT2D eigenvalue weighted by atomic mass is 10.3. The molecule has 0 fully saturated rings. The van der Waals surface area contributed by atoms with E-state index in [9.17, 15) is 4.79 Å². The van der Waals surface area contributed by atoms with E-state index in [4.69, 9.17) is 16.7 Å². The summed E-state index contributed by atoms with van der Waals surface area (Å²) in [6.07, 6.45) is 2.95.